The van der Waals surface area contributed by atoms with E-state index >= 15 is 0 Å². The zero-order chi connectivity index (χ0) is 11.4. The van der Waals surface area contributed by atoms with Crippen molar-refractivity contribution in [3.63, 3.8) is 0 Å². The van der Waals surface area contributed by atoms with Gasteiger partial charge in [-0.1, -0.05) is 35.8 Å². The molecule has 0 aliphatic carbocycles. The molecule has 0 heterocycles. The summed E-state index contributed by atoms with van der Waals surface area (Å²) in [5.41, 5.74) is 0.976. The molecule has 0 saturated heterocycles. The molecule has 0 amide bonds. The smallest absolute Gasteiger partial charge is 0.124 e. The summed E-state index contributed by atoms with van der Waals surface area (Å²) in [5.74, 6) is 0.256. The summed E-state index contributed by atoms with van der Waals surface area (Å²) in [6.45, 7) is 6.79. The number of rotatable bonds is 4. The summed E-state index contributed by atoms with van der Waals surface area (Å²) in [5, 5.41) is 0. The van der Waals surface area contributed by atoms with Crippen LogP contribution in [0.4, 0.5) is 4.39 Å². The first kappa shape index (κ1) is 12.7. The highest BCUT2D eigenvalue weighted by Crippen LogP contribution is 2.20. The summed E-state index contributed by atoms with van der Waals surface area (Å²) < 4.78 is 19.2. The van der Waals surface area contributed by atoms with Gasteiger partial charge in [-0.3, -0.25) is 0 Å². The monoisotopic (exact) mass is 274 g/mol. The van der Waals surface area contributed by atoms with Gasteiger partial charge in [0.25, 0.3) is 0 Å². The van der Waals surface area contributed by atoms with Crippen LogP contribution in [0.1, 0.15) is 26.3 Å². The molecular weight excluding hydrogens is 259 g/mol. The zero-order valence-electron chi connectivity index (χ0n) is 9.26. The molecule has 0 aliphatic rings. The van der Waals surface area contributed by atoms with E-state index in [1.807, 2.05) is 6.92 Å². The minimum absolute atomic E-state index is 0.210. The Bertz CT molecular complexity index is 325. The van der Waals surface area contributed by atoms with Gasteiger partial charge in [0.05, 0.1) is 12.7 Å². The lowest BCUT2D eigenvalue weighted by Gasteiger charge is -2.17. The lowest BCUT2D eigenvalue weighted by atomic mass is 10.1. The third-order valence-electron chi connectivity index (χ3n) is 2.46. The van der Waals surface area contributed by atoms with Crippen LogP contribution >= 0.6 is 15.9 Å². The van der Waals surface area contributed by atoms with Crippen LogP contribution in [0.5, 0.6) is 0 Å². The molecule has 1 nitrogen and oxygen atoms in total. The molecule has 0 spiro atoms. The van der Waals surface area contributed by atoms with Crippen LogP contribution in [0, 0.1) is 11.7 Å². The maximum absolute atomic E-state index is 12.8. The van der Waals surface area contributed by atoms with Gasteiger partial charge in [-0.2, -0.15) is 0 Å². The summed E-state index contributed by atoms with van der Waals surface area (Å²) >= 11 is 3.31. The average molecular weight is 275 g/mol. The van der Waals surface area contributed by atoms with Crippen LogP contribution < -0.4 is 0 Å². The van der Waals surface area contributed by atoms with Crippen molar-refractivity contribution in [2.75, 3.05) is 0 Å². The van der Waals surface area contributed by atoms with Crippen molar-refractivity contribution in [1.29, 1.82) is 0 Å². The highest BCUT2D eigenvalue weighted by atomic mass is 79.9. The predicted molar refractivity (Wildman–Crippen MR) is 63.2 cm³/mol. The van der Waals surface area contributed by atoms with Crippen LogP contribution in [0.15, 0.2) is 22.7 Å². The van der Waals surface area contributed by atoms with Crippen LogP contribution in [-0.2, 0) is 11.3 Å². The first-order valence-corrected chi connectivity index (χ1v) is 5.85. The van der Waals surface area contributed by atoms with Crippen LogP contribution in [0.3, 0.4) is 0 Å². The lowest BCUT2D eigenvalue weighted by molar-refractivity contribution is 0.0232. The van der Waals surface area contributed by atoms with Crippen molar-refractivity contribution in [3.05, 3.63) is 34.1 Å². The highest BCUT2D eigenvalue weighted by molar-refractivity contribution is 9.10. The van der Waals surface area contributed by atoms with Gasteiger partial charge in [-0.15, -0.1) is 0 Å². The van der Waals surface area contributed by atoms with Crippen LogP contribution in [0.25, 0.3) is 0 Å². The molecule has 0 fully saturated rings. The van der Waals surface area contributed by atoms with E-state index in [0.29, 0.717) is 12.5 Å². The van der Waals surface area contributed by atoms with E-state index in [9.17, 15) is 4.39 Å². The molecule has 0 saturated carbocycles. The Kier molecular flexibility index (Phi) is 4.74. The molecule has 84 valence electrons. The lowest BCUT2D eigenvalue weighted by Crippen LogP contribution is -2.15. The van der Waals surface area contributed by atoms with E-state index in [1.54, 1.807) is 6.07 Å². The standard InChI is InChI=1S/C12H16BrFO/c1-8(2)9(3)15-7-10-4-5-11(14)6-12(10)13/h4-6,8-9H,7H2,1-3H3. The predicted octanol–water partition coefficient (Wildman–Crippen LogP) is 4.15. The average Bonchev–Trinajstić information content (AvgIpc) is 2.15. The minimum Gasteiger partial charge on any atom is -0.374 e. The highest BCUT2D eigenvalue weighted by Gasteiger charge is 2.08. The summed E-state index contributed by atoms with van der Waals surface area (Å²) in [7, 11) is 0. The van der Waals surface area contributed by atoms with Gasteiger partial charge in [0, 0.05) is 4.47 Å². The van der Waals surface area contributed by atoms with Gasteiger partial charge >= 0.3 is 0 Å². The molecular formula is C12H16BrFO. The Morgan fingerprint density at radius 1 is 1.33 bits per heavy atom. The molecule has 0 aromatic heterocycles. The van der Waals surface area contributed by atoms with E-state index < -0.39 is 0 Å². The van der Waals surface area contributed by atoms with E-state index in [0.717, 1.165) is 10.0 Å². The van der Waals surface area contributed by atoms with Crippen molar-refractivity contribution < 1.29 is 9.13 Å². The Balaban J connectivity index is 2.58. The van der Waals surface area contributed by atoms with Gasteiger partial charge < -0.3 is 4.74 Å². The quantitative estimate of drug-likeness (QED) is 0.802. The third-order valence-corrected chi connectivity index (χ3v) is 3.19. The van der Waals surface area contributed by atoms with Gasteiger partial charge in [0.1, 0.15) is 5.82 Å². The van der Waals surface area contributed by atoms with E-state index in [2.05, 4.69) is 29.8 Å². The summed E-state index contributed by atoms with van der Waals surface area (Å²) in [4.78, 5) is 0. The summed E-state index contributed by atoms with van der Waals surface area (Å²) in [6.07, 6.45) is 0.210. The first-order chi connectivity index (χ1) is 7.00. The fraction of sp³-hybridized carbons (Fsp3) is 0.500. The van der Waals surface area contributed by atoms with Crippen molar-refractivity contribution in [3.8, 4) is 0 Å². The topological polar surface area (TPSA) is 9.23 Å². The van der Waals surface area contributed by atoms with Crippen molar-refractivity contribution in [1.82, 2.24) is 0 Å². The Labute approximate surface area is 98.8 Å². The number of hydrogen-bond acceptors (Lipinski definition) is 1. The van der Waals surface area contributed by atoms with E-state index in [-0.39, 0.29) is 11.9 Å². The number of ether oxygens (including phenoxy) is 1. The van der Waals surface area contributed by atoms with Gasteiger partial charge in [-0.25, -0.2) is 4.39 Å². The van der Waals surface area contributed by atoms with E-state index in [1.165, 1.54) is 12.1 Å². The molecule has 15 heavy (non-hydrogen) atoms. The fourth-order valence-corrected chi connectivity index (χ4v) is 1.52. The number of hydrogen-bond donors (Lipinski definition) is 0. The normalized spacial score (nSPS) is 13.2. The first-order valence-electron chi connectivity index (χ1n) is 5.06. The van der Waals surface area contributed by atoms with Gasteiger partial charge in [0.15, 0.2) is 0 Å². The molecule has 0 bridgehead atoms. The van der Waals surface area contributed by atoms with Crippen LogP contribution in [-0.4, -0.2) is 6.10 Å². The largest absolute Gasteiger partial charge is 0.374 e. The molecule has 0 N–H and O–H groups in total. The van der Waals surface area contributed by atoms with Gasteiger partial charge in [0.2, 0.25) is 0 Å². The SMILES string of the molecule is CC(C)C(C)OCc1ccc(F)cc1Br. The van der Waals surface area contributed by atoms with Crippen LogP contribution in [0.2, 0.25) is 0 Å². The molecule has 1 aromatic rings. The molecule has 1 aromatic carbocycles. The second kappa shape index (κ2) is 5.61. The summed E-state index contributed by atoms with van der Waals surface area (Å²) in [6, 6.07) is 4.65. The molecule has 0 aliphatic heterocycles. The van der Waals surface area contributed by atoms with Crippen molar-refractivity contribution >= 4 is 15.9 Å². The Morgan fingerprint density at radius 2 is 2.00 bits per heavy atom. The minimum atomic E-state index is -0.234. The second-order valence-electron chi connectivity index (χ2n) is 4.00. The maximum Gasteiger partial charge on any atom is 0.124 e. The van der Waals surface area contributed by atoms with Crippen molar-refractivity contribution in [2.45, 2.75) is 33.5 Å². The molecule has 1 atom stereocenters. The zero-order valence-corrected chi connectivity index (χ0v) is 10.8. The molecule has 0 radical (unpaired) electrons. The van der Waals surface area contributed by atoms with Gasteiger partial charge in [-0.05, 0) is 30.5 Å². The third kappa shape index (κ3) is 3.92. The number of halogens is 2. The Morgan fingerprint density at radius 3 is 2.53 bits per heavy atom. The number of benzene rings is 1. The molecule has 1 unspecified atom stereocenters. The van der Waals surface area contributed by atoms with E-state index in [4.69, 9.17) is 4.74 Å². The second-order valence-corrected chi connectivity index (χ2v) is 4.85. The fourth-order valence-electron chi connectivity index (χ4n) is 1.05. The maximum atomic E-state index is 12.8. The molecule has 1 rings (SSSR count). The molecule has 3 heteroatoms. The Hall–Kier alpha value is -0.410. The van der Waals surface area contributed by atoms with Crippen molar-refractivity contribution in [2.24, 2.45) is 5.92 Å².